The first-order chi connectivity index (χ1) is 13.8. The van der Waals surface area contributed by atoms with Crippen molar-refractivity contribution in [2.24, 2.45) is 5.92 Å². The lowest BCUT2D eigenvalue weighted by Gasteiger charge is -2.14. The number of rotatable bonds is 8. The molecule has 0 aliphatic rings. The molecule has 14 heteroatoms. The zero-order chi connectivity index (χ0) is 22.5. The van der Waals surface area contributed by atoms with Crippen LogP contribution < -0.4 is 10.6 Å². The van der Waals surface area contributed by atoms with Gasteiger partial charge in [0, 0.05) is 25.5 Å². The van der Waals surface area contributed by atoms with E-state index < -0.39 is 48.6 Å². The number of nitrogens with zero attached hydrogens (tertiary/aromatic N) is 4. The molecule has 8 nitrogen and oxygen atoms in total. The van der Waals surface area contributed by atoms with Crippen molar-refractivity contribution >= 4 is 11.8 Å². The van der Waals surface area contributed by atoms with E-state index in [-0.39, 0.29) is 19.0 Å². The lowest BCUT2D eigenvalue weighted by Crippen LogP contribution is -2.37. The predicted molar refractivity (Wildman–Crippen MR) is 89.6 cm³/mol. The number of halogens is 6. The van der Waals surface area contributed by atoms with Gasteiger partial charge < -0.3 is 10.6 Å². The van der Waals surface area contributed by atoms with Crippen LogP contribution in [-0.4, -0.2) is 44.5 Å². The average Bonchev–Trinajstić information content (AvgIpc) is 3.27. The van der Waals surface area contributed by atoms with Gasteiger partial charge in [-0.05, 0) is 18.1 Å². The van der Waals surface area contributed by atoms with Crippen LogP contribution in [-0.2, 0) is 35.0 Å². The Hall–Kier alpha value is -3.06. The standard InChI is InChI=1S/C16H18F6N6O2/c1-10(6-23-13(29)8-27-4-2-11(25-27)15(17,18)19)7-24-14(30)9-28-5-3-12(26-28)16(20,21)22/h2-5,10H,6-9H2,1H3,(H,23,29)(H,24,30). The Balaban J connectivity index is 1.69. The van der Waals surface area contributed by atoms with E-state index in [1.54, 1.807) is 6.92 Å². The Morgan fingerprint density at radius 3 is 1.53 bits per heavy atom. The van der Waals surface area contributed by atoms with Gasteiger partial charge in [0.05, 0.1) is 0 Å². The Bertz CT molecular complexity index is 802. The summed E-state index contributed by atoms with van der Waals surface area (Å²) in [6, 6.07) is 1.51. The number of hydrogen-bond donors (Lipinski definition) is 2. The van der Waals surface area contributed by atoms with Crippen LogP contribution in [0.25, 0.3) is 0 Å². The highest BCUT2D eigenvalue weighted by Crippen LogP contribution is 2.27. The normalized spacial score (nSPS) is 12.3. The van der Waals surface area contributed by atoms with Gasteiger partial charge in [-0.3, -0.25) is 19.0 Å². The molecule has 0 aromatic carbocycles. The van der Waals surface area contributed by atoms with Crippen molar-refractivity contribution in [3.63, 3.8) is 0 Å². The molecule has 30 heavy (non-hydrogen) atoms. The van der Waals surface area contributed by atoms with Crippen molar-refractivity contribution in [3.05, 3.63) is 35.9 Å². The Kier molecular flexibility index (Phi) is 7.10. The Morgan fingerprint density at radius 1 is 0.867 bits per heavy atom. The van der Waals surface area contributed by atoms with Crippen LogP contribution in [0.3, 0.4) is 0 Å². The van der Waals surface area contributed by atoms with Gasteiger partial charge in [-0.25, -0.2) is 0 Å². The number of amides is 2. The third-order valence-corrected chi connectivity index (χ3v) is 3.77. The summed E-state index contributed by atoms with van der Waals surface area (Å²) < 4.78 is 76.5. The first kappa shape index (κ1) is 23.2. The van der Waals surface area contributed by atoms with E-state index in [0.29, 0.717) is 0 Å². The quantitative estimate of drug-likeness (QED) is 0.611. The zero-order valence-electron chi connectivity index (χ0n) is 15.6. The highest BCUT2D eigenvalue weighted by atomic mass is 19.4. The average molecular weight is 440 g/mol. The minimum absolute atomic E-state index is 0.118. The van der Waals surface area contributed by atoms with Gasteiger partial charge in [0.25, 0.3) is 0 Å². The fourth-order valence-corrected chi connectivity index (χ4v) is 2.26. The summed E-state index contributed by atoms with van der Waals surface area (Å²) >= 11 is 0. The molecular formula is C16H18F6N6O2. The molecule has 2 heterocycles. The van der Waals surface area contributed by atoms with Gasteiger partial charge in [0.15, 0.2) is 11.4 Å². The lowest BCUT2D eigenvalue weighted by molar-refractivity contribution is -0.142. The van der Waals surface area contributed by atoms with Gasteiger partial charge >= 0.3 is 12.4 Å². The van der Waals surface area contributed by atoms with E-state index in [0.717, 1.165) is 33.9 Å². The van der Waals surface area contributed by atoms with Crippen molar-refractivity contribution in [2.45, 2.75) is 32.4 Å². The largest absolute Gasteiger partial charge is 0.435 e. The molecule has 0 unspecified atom stereocenters. The molecule has 2 amide bonds. The molecule has 0 radical (unpaired) electrons. The second kappa shape index (κ2) is 9.17. The van der Waals surface area contributed by atoms with Gasteiger partial charge in [0.1, 0.15) is 13.1 Å². The first-order valence-corrected chi connectivity index (χ1v) is 8.59. The molecule has 0 saturated heterocycles. The molecule has 166 valence electrons. The van der Waals surface area contributed by atoms with Gasteiger partial charge in [-0.15, -0.1) is 0 Å². The summed E-state index contributed by atoms with van der Waals surface area (Å²) in [7, 11) is 0. The van der Waals surface area contributed by atoms with Crippen LogP contribution in [0, 0.1) is 5.92 Å². The van der Waals surface area contributed by atoms with Gasteiger partial charge in [-0.1, -0.05) is 6.92 Å². The summed E-state index contributed by atoms with van der Waals surface area (Å²) in [4.78, 5) is 23.6. The summed E-state index contributed by atoms with van der Waals surface area (Å²) in [6.45, 7) is 1.11. The summed E-state index contributed by atoms with van der Waals surface area (Å²) in [5.74, 6) is -1.38. The molecule has 2 aromatic rings. The predicted octanol–water partition coefficient (Wildman–Crippen LogP) is 1.69. The second-order valence-corrected chi connectivity index (χ2v) is 6.51. The summed E-state index contributed by atoms with van der Waals surface area (Å²) in [5, 5.41) is 11.5. The van der Waals surface area contributed by atoms with Crippen molar-refractivity contribution in [2.75, 3.05) is 13.1 Å². The maximum absolute atomic E-state index is 12.5. The number of carbonyl (C=O) groups is 2. The molecular weight excluding hydrogens is 422 g/mol. The topological polar surface area (TPSA) is 93.8 Å². The Labute approximate surface area is 166 Å². The molecule has 0 bridgehead atoms. The minimum Gasteiger partial charge on any atom is -0.354 e. The molecule has 2 aromatic heterocycles. The molecule has 2 N–H and O–H groups in total. The van der Waals surface area contributed by atoms with Crippen molar-refractivity contribution < 1.29 is 35.9 Å². The summed E-state index contributed by atoms with van der Waals surface area (Å²) in [6.07, 6.45) is -7.13. The zero-order valence-corrected chi connectivity index (χ0v) is 15.6. The van der Waals surface area contributed by atoms with E-state index in [9.17, 15) is 35.9 Å². The number of hydrogen-bond acceptors (Lipinski definition) is 4. The highest BCUT2D eigenvalue weighted by Gasteiger charge is 2.34. The van der Waals surface area contributed by atoms with Crippen LogP contribution in [0.2, 0.25) is 0 Å². The molecule has 0 atom stereocenters. The molecule has 2 rings (SSSR count). The van der Waals surface area contributed by atoms with Crippen LogP contribution in [0.15, 0.2) is 24.5 Å². The van der Waals surface area contributed by atoms with Crippen LogP contribution in [0.4, 0.5) is 26.3 Å². The first-order valence-electron chi connectivity index (χ1n) is 8.59. The lowest BCUT2D eigenvalue weighted by atomic mass is 10.2. The third-order valence-electron chi connectivity index (χ3n) is 3.77. The fourth-order valence-electron chi connectivity index (χ4n) is 2.26. The SMILES string of the molecule is CC(CNC(=O)Cn1ccc(C(F)(F)F)n1)CNC(=O)Cn1ccc(C(F)(F)F)n1. The van der Waals surface area contributed by atoms with Crippen molar-refractivity contribution in [1.29, 1.82) is 0 Å². The molecule has 0 saturated carbocycles. The molecule has 0 spiro atoms. The van der Waals surface area contributed by atoms with E-state index in [1.165, 1.54) is 0 Å². The number of carbonyl (C=O) groups excluding carboxylic acids is 2. The minimum atomic E-state index is -4.60. The van der Waals surface area contributed by atoms with Crippen molar-refractivity contribution in [3.8, 4) is 0 Å². The highest BCUT2D eigenvalue weighted by molar-refractivity contribution is 5.76. The van der Waals surface area contributed by atoms with E-state index in [1.807, 2.05) is 0 Å². The third kappa shape index (κ3) is 7.08. The van der Waals surface area contributed by atoms with Gasteiger partial charge in [-0.2, -0.15) is 36.5 Å². The van der Waals surface area contributed by atoms with E-state index >= 15 is 0 Å². The molecule has 0 fully saturated rings. The monoisotopic (exact) mass is 440 g/mol. The smallest absolute Gasteiger partial charge is 0.354 e. The molecule has 0 aliphatic heterocycles. The fraction of sp³-hybridized carbons (Fsp3) is 0.500. The molecule has 0 aliphatic carbocycles. The van der Waals surface area contributed by atoms with Crippen LogP contribution in [0.5, 0.6) is 0 Å². The van der Waals surface area contributed by atoms with Crippen LogP contribution >= 0.6 is 0 Å². The summed E-state index contributed by atoms with van der Waals surface area (Å²) in [5.41, 5.74) is -2.21. The number of aromatic nitrogens is 4. The maximum Gasteiger partial charge on any atom is 0.435 e. The second-order valence-electron chi connectivity index (χ2n) is 6.51. The number of alkyl halides is 6. The van der Waals surface area contributed by atoms with Crippen LogP contribution in [0.1, 0.15) is 18.3 Å². The maximum atomic E-state index is 12.5. The van der Waals surface area contributed by atoms with E-state index in [4.69, 9.17) is 0 Å². The van der Waals surface area contributed by atoms with E-state index in [2.05, 4.69) is 20.8 Å². The number of nitrogens with one attached hydrogen (secondary N) is 2. The van der Waals surface area contributed by atoms with Gasteiger partial charge in [0.2, 0.25) is 11.8 Å². The Morgan fingerprint density at radius 2 is 1.23 bits per heavy atom. The van der Waals surface area contributed by atoms with Crippen molar-refractivity contribution in [1.82, 2.24) is 30.2 Å².